The summed E-state index contributed by atoms with van der Waals surface area (Å²) >= 11 is 0. The lowest BCUT2D eigenvalue weighted by molar-refractivity contribution is -0.139. The van der Waals surface area contributed by atoms with Gasteiger partial charge in [0.15, 0.2) is 0 Å². The molecular weight excluding hydrogens is 558 g/mol. The number of nitrogens with one attached hydrogen (secondary N) is 1. The Hall–Kier alpha value is -4.43. The van der Waals surface area contributed by atoms with Crippen LogP contribution in [0.4, 0.5) is 5.69 Å². The van der Waals surface area contributed by atoms with E-state index in [-0.39, 0.29) is 23.8 Å². The average Bonchev–Trinajstić information content (AvgIpc) is 2.99. The van der Waals surface area contributed by atoms with Crippen LogP contribution in [0.25, 0.3) is 0 Å². The van der Waals surface area contributed by atoms with Gasteiger partial charge in [-0.15, -0.1) is 0 Å². The van der Waals surface area contributed by atoms with E-state index in [2.05, 4.69) is 5.32 Å². The Morgan fingerprint density at radius 2 is 1.42 bits per heavy atom. The highest BCUT2D eigenvalue weighted by molar-refractivity contribution is 7.92. The van der Waals surface area contributed by atoms with Crippen molar-refractivity contribution in [3.63, 3.8) is 0 Å². The van der Waals surface area contributed by atoms with Crippen molar-refractivity contribution in [1.82, 2.24) is 10.2 Å². The average molecular weight is 598 g/mol. The summed E-state index contributed by atoms with van der Waals surface area (Å²) in [5.41, 5.74) is 5.74. The van der Waals surface area contributed by atoms with Crippen molar-refractivity contribution in [2.24, 2.45) is 0 Å². The number of hydrogen-bond acceptors (Lipinski definition) is 4. The molecule has 1 N–H and O–H groups in total. The van der Waals surface area contributed by atoms with Crippen molar-refractivity contribution >= 4 is 27.5 Å². The number of carbonyl (C=O) groups is 2. The fourth-order valence-corrected chi connectivity index (χ4v) is 6.56. The highest BCUT2D eigenvalue weighted by atomic mass is 32.2. The van der Waals surface area contributed by atoms with Gasteiger partial charge in [0.1, 0.15) is 12.6 Å². The monoisotopic (exact) mass is 597 g/mol. The lowest BCUT2D eigenvalue weighted by Crippen LogP contribution is -2.53. The van der Waals surface area contributed by atoms with E-state index in [1.54, 1.807) is 43.4 Å². The molecule has 0 bridgehead atoms. The number of aryl methyl sites for hydroxylation is 3. The fraction of sp³-hybridized carbons (Fsp3) is 0.257. The molecule has 0 aliphatic rings. The van der Waals surface area contributed by atoms with Gasteiger partial charge in [-0.2, -0.15) is 0 Å². The quantitative estimate of drug-likeness (QED) is 0.247. The maximum absolute atomic E-state index is 14.4. The van der Waals surface area contributed by atoms with Gasteiger partial charge in [0.2, 0.25) is 11.8 Å². The maximum Gasteiger partial charge on any atom is 0.264 e. The summed E-state index contributed by atoms with van der Waals surface area (Å²) in [6.07, 6.45) is 0.270. The predicted octanol–water partition coefficient (Wildman–Crippen LogP) is 5.50. The second-order valence-corrected chi connectivity index (χ2v) is 12.7. The predicted molar refractivity (Wildman–Crippen MR) is 171 cm³/mol. The third kappa shape index (κ3) is 7.51. The highest BCUT2D eigenvalue weighted by Crippen LogP contribution is 2.29. The van der Waals surface area contributed by atoms with Crippen LogP contribution in [-0.4, -0.2) is 44.8 Å². The smallest absolute Gasteiger partial charge is 0.264 e. The molecule has 0 radical (unpaired) electrons. The Labute approximate surface area is 255 Å². The molecule has 224 valence electrons. The minimum absolute atomic E-state index is 0.0872. The lowest BCUT2D eigenvalue weighted by Gasteiger charge is -2.34. The molecule has 0 saturated heterocycles. The van der Waals surface area contributed by atoms with Crippen LogP contribution < -0.4 is 9.62 Å². The summed E-state index contributed by atoms with van der Waals surface area (Å²) in [6.45, 7) is 7.26. The summed E-state index contributed by atoms with van der Waals surface area (Å²) in [6, 6.07) is 28.4. The van der Waals surface area contributed by atoms with Crippen molar-refractivity contribution in [1.29, 1.82) is 0 Å². The third-order valence-corrected chi connectivity index (χ3v) is 9.46. The van der Waals surface area contributed by atoms with E-state index < -0.39 is 28.5 Å². The topological polar surface area (TPSA) is 86.8 Å². The van der Waals surface area contributed by atoms with E-state index in [1.807, 2.05) is 88.4 Å². The van der Waals surface area contributed by atoms with Crippen molar-refractivity contribution < 1.29 is 18.0 Å². The van der Waals surface area contributed by atoms with Gasteiger partial charge in [0.25, 0.3) is 10.0 Å². The normalized spacial score (nSPS) is 11.9. The van der Waals surface area contributed by atoms with E-state index >= 15 is 0 Å². The second-order valence-electron chi connectivity index (χ2n) is 10.9. The molecular formula is C35H39N3O4S. The van der Waals surface area contributed by atoms with Crippen molar-refractivity contribution in [2.75, 3.05) is 17.9 Å². The molecule has 4 aromatic rings. The van der Waals surface area contributed by atoms with Gasteiger partial charge < -0.3 is 10.2 Å². The molecule has 1 atom stereocenters. The maximum atomic E-state index is 14.4. The zero-order valence-electron chi connectivity index (χ0n) is 25.4. The van der Waals surface area contributed by atoms with Crippen molar-refractivity contribution in [3.8, 4) is 0 Å². The van der Waals surface area contributed by atoms with E-state index in [9.17, 15) is 18.0 Å². The molecule has 4 aromatic carbocycles. The summed E-state index contributed by atoms with van der Waals surface area (Å²) in [5.74, 6) is -0.813. The van der Waals surface area contributed by atoms with Crippen LogP contribution in [0.3, 0.4) is 0 Å². The van der Waals surface area contributed by atoms with Crippen LogP contribution >= 0.6 is 0 Å². The molecule has 43 heavy (non-hydrogen) atoms. The van der Waals surface area contributed by atoms with E-state index in [1.165, 1.54) is 9.21 Å². The minimum Gasteiger partial charge on any atom is -0.357 e. The molecule has 0 aromatic heterocycles. The van der Waals surface area contributed by atoms with Crippen molar-refractivity contribution in [2.45, 2.75) is 51.6 Å². The first-order valence-electron chi connectivity index (χ1n) is 14.3. The van der Waals surface area contributed by atoms with Crippen LogP contribution in [0.2, 0.25) is 0 Å². The van der Waals surface area contributed by atoms with Crippen LogP contribution in [0.5, 0.6) is 0 Å². The molecule has 0 spiro atoms. The fourth-order valence-electron chi connectivity index (χ4n) is 5.08. The van der Waals surface area contributed by atoms with E-state index in [4.69, 9.17) is 0 Å². The van der Waals surface area contributed by atoms with Crippen LogP contribution in [-0.2, 0) is 32.6 Å². The number of carbonyl (C=O) groups excluding carboxylic acids is 2. The number of benzene rings is 4. The molecule has 0 saturated carbocycles. The Bertz CT molecular complexity index is 1690. The van der Waals surface area contributed by atoms with Gasteiger partial charge in [-0.1, -0.05) is 90.0 Å². The Balaban J connectivity index is 1.82. The molecule has 2 amide bonds. The zero-order chi connectivity index (χ0) is 31.1. The first-order chi connectivity index (χ1) is 20.5. The number of sulfonamides is 1. The number of anilines is 1. The second kappa shape index (κ2) is 13.7. The van der Waals surface area contributed by atoms with Crippen LogP contribution in [0, 0.1) is 27.7 Å². The molecule has 0 heterocycles. The molecule has 1 unspecified atom stereocenters. The summed E-state index contributed by atoms with van der Waals surface area (Å²) in [7, 11) is -2.60. The van der Waals surface area contributed by atoms with Gasteiger partial charge in [0, 0.05) is 20.0 Å². The standard InChI is InChI=1S/C35H39N3O4S/c1-25-17-19-31(20-18-25)43(41,42)38(32-16-10-12-27(3)28(32)4)24-34(39)37(23-30-15-9-11-26(2)21-30)33(35(40)36-5)22-29-13-7-6-8-14-29/h6-21,33H,22-24H2,1-5H3,(H,36,40). The largest absolute Gasteiger partial charge is 0.357 e. The highest BCUT2D eigenvalue weighted by Gasteiger charge is 2.35. The van der Waals surface area contributed by atoms with Gasteiger partial charge >= 0.3 is 0 Å². The molecule has 7 nitrogen and oxygen atoms in total. The van der Waals surface area contributed by atoms with E-state index in [0.717, 1.165) is 33.4 Å². The lowest BCUT2D eigenvalue weighted by atomic mass is 10.0. The molecule has 0 fully saturated rings. The van der Waals surface area contributed by atoms with Gasteiger partial charge in [-0.3, -0.25) is 13.9 Å². The summed E-state index contributed by atoms with van der Waals surface area (Å²) in [4.78, 5) is 29.4. The van der Waals surface area contributed by atoms with Gasteiger partial charge in [-0.05, 0) is 68.1 Å². The minimum atomic E-state index is -4.14. The summed E-state index contributed by atoms with van der Waals surface area (Å²) < 4.78 is 29.6. The molecule has 8 heteroatoms. The number of likely N-dealkylation sites (N-methyl/N-ethyl adjacent to an activating group) is 1. The number of rotatable bonds is 11. The zero-order valence-corrected chi connectivity index (χ0v) is 26.2. The van der Waals surface area contributed by atoms with Gasteiger partial charge in [-0.25, -0.2) is 8.42 Å². The van der Waals surface area contributed by atoms with Crippen molar-refractivity contribution in [3.05, 3.63) is 130 Å². The Kier molecular flexibility index (Phi) is 10.0. The van der Waals surface area contributed by atoms with Gasteiger partial charge in [0.05, 0.1) is 10.6 Å². The molecule has 0 aliphatic carbocycles. The SMILES string of the molecule is CNC(=O)C(Cc1ccccc1)N(Cc1cccc(C)c1)C(=O)CN(c1cccc(C)c1C)S(=O)(=O)c1ccc(C)cc1. The first-order valence-corrected chi connectivity index (χ1v) is 15.7. The third-order valence-electron chi connectivity index (χ3n) is 7.69. The Morgan fingerprint density at radius 3 is 2.07 bits per heavy atom. The van der Waals surface area contributed by atoms with E-state index in [0.29, 0.717) is 5.69 Å². The van der Waals surface area contributed by atoms with Crippen LogP contribution in [0.1, 0.15) is 33.4 Å². The van der Waals surface area contributed by atoms with Crippen LogP contribution in [0.15, 0.2) is 102 Å². The Morgan fingerprint density at radius 1 is 0.767 bits per heavy atom. The number of amides is 2. The number of hydrogen-bond donors (Lipinski definition) is 1. The summed E-state index contributed by atoms with van der Waals surface area (Å²) in [5, 5.41) is 2.72. The first kappa shape index (κ1) is 31.5. The molecule has 4 rings (SSSR count). The number of nitrogens with zero attached hydrogens (tertiary/aromatic N) is 2. The molecule has 0 aliphatic heterocycles.